The molecule has 102 valence electrons. The molecule has 0 aliphatic carbocycles. The Morgan fingerprint density at radius 3 is 3.11 bits per heavy atom. The van der Waals surface area contributed by atoms with Gasteiger partial charge in [0.2, 0.25) is 0 Å². The topological polar surface area (TPSA) is 59.6 Å². The Morgan fingerprint density at radius 2 is 2.32 bits per heavy atom. The molecule has 5 heteroatoms. The summed E-state index contributed by atoms with van der Waals surface area (Å²) >= 11 is 0. The Kier molecular flexibility index (Phi) is 3.40. The number of amides is 1. The first kappa shape index (κ1) is 12.4. The first-order valence-corrected chi connectivity index (χ1v) is 6.64. The highest BCUT2D eigenvalue weighted by Gasteiger charge is 2.24. The molecule has 0 radical (unpaired) electrons. The van der Waals surface area contributed by atoms with Gasteiger partial charge in [0, 0.05) is 12.6 Å². The molecule has 5 nitrogen and oxygen atoms in total. The van der Waals surface area contributed by atoms with Gasteiger partial charge in [-0.1, -0.05) is 6.07 Å². The van der Waals surface area contributed by atoms with Gasteiger partial charge in [-0.15, -0.1) is 0 Å². The lowest BCUT2D eigenvalue weighted by Gasteiger charge is -2.26. The third kappa shape index (κ3) is 2.72. The summed E-state index contributed by atoms with van der Waals surface area (Å²) in [4.78, 5) is 11.6. The van der Waals surface area contributed by atoms with E-state index in [4.69, 9.17) is 9.47 Å². The third-order valence-electron chi connectivity index (χ3n) is 3.46. The third-order valence-corrected chi connectivity index (χ3v) is 3.46. The molecule has 1 saturated heterocycles. The van der Waals surface area contributed by atoms with Crippen LogP contribution in [0.5, 0.6) is 5.75 Å². The van der Waals surface area contributed by atoms with E-state index in [1.807, 2.05) is 18.2 Å². The predicted molar refractivity (Wildman–Crippen MR) is 71.5 cm³/mol. The molecule has 1 aromatic rings. The average molecular weight is 262 g/mol. The molecule has 2 atom stereocenters. The van der Waals surface area contributed by atoms with Crippen molar-refractivity contribution in [3.63, 3.8) is 0 Å². The smallest absolute Gasteiger partial charge is 0.265 e. The second-order valence-electron chi connectivity index (χ2n) is 5.01. The van der Waals surface area contributed by atoms with Gasteiger partial charge < -0.3 is 20.1 Å². The number of rotatable bonds is 2. The van der Waals surface area contributed by atoms with Crippen LogP contribution in [0.2, 0.25) is 0 Å². The van der Waals surface area contributed by atoms with Crippen molar-refractivity contribution in [3.05, 3.63) is 23.8 Å². The number of carbonyl (C=O) groups is 1. The van der Waals surface area contributed by atoms with Crippen LogP contribution in [0, 0.1) is 0 Å². The van der Waals surface area contributed by atoms with Gasteiger partial charge in [0.1, 0.15) is 5.75 Å². The van der Waals surface area contributed by atoms with Gasteiger partial charge in [-0.3, -0.25) is 4.79 Å². The lowest BCUT2D eigenvalue weighted by Crippen LogP contribution is -2.42. The molecule has 1 fully saturated rings. The number of morpholine rings is 1. The van der Waals surface area contributed by atoms with Crippen molar-refractivity contribution in [1.82, 2.24) is 5.32 Å². The monoisotopic (exact) mass is 262 g/mol. The van der Waals surface area contributed by atoms with Gasteiger partial charge in [-0.2, -0.15) is 0 Å². The minimum Gasteiger partial charge on any atom is -0.479 e. The molecule has 0 spiro atoms. The van der Waals surface area contributed by atoms with Crippen LogP contribution in [0.3, 0.4) is 0 Å². The molecule has 0 saturated carbocycles. The second kappa shape index (κ2) is 5.19. The summed E-state index contributed by atoms with van der Waals surface area (Å²) in [7, 11) is 0. The van der Waals surface area contributed by atoms with Gasteiger partial charge in [0.15, 0.2) is 6.10 Å². The van der Waals surface area contributed by atoms with Crippen molar-refractivity contribution in [2.45, 2.75) is 25.5 Å². The second-order valence-corrected chi connectivity index (χ2v) is 5.01. The van der Waals surface area contributed by atoms with Crippen LogP contribution in [-0.2, 0) is 16.0 Å². The first-order chi connectivity index (χ1) is 9.22. The van der Waals surface area contributed by atoms with Crippen LogP contribution in [0.25, 0.3) is 0 Å². The molecule has 0 aromatic heterocycles. The lowest BCUT2D eigenvalue weighted by atomic mass is 10.0. The number of anilines is 1. The molecule has 2 aliphatic heterocycles. The number of ether oxygens (including phenoxy) is 2. The average Bonchev–Trinajstić information content (AvgIpc) is 2.42. The van der Waals surface area contributed by atoms with Gasteiger partial charge in [0.05, 0.1) is 18.9 Å². The minimum atomic E-state index is -0.424. The fourth-order valence-electron chi connectivity index (χ4n) is 2.42. The van der Waals surface area contributed by atoms with Crippen LogP contribution in [0.15, 0.2) is 18.2 Å². The van der Waals surface area contributed by atoms with Gasteiger partial charge in [-0.05, 0) is 31.0 Å². The maximum atomic E-state index is 11.6. The molecule has 1 amide bonds. The molecule has 3 rings (SSSR count). The van der Waals surface area contributed by atoms with Crippen molar-refractivity contribution in [3.8, 4) is 5.75 Å². The number of nitrogens with one attached hydrogen (secondary N) is 2. The summed E-state index contributed by atoms with van der Waals surface area (Å²) in [5.41, 5.74) is 1.93. The fraction of sp³-hybridized carbons (Fsp3) is 0.500. The highest BCUT2D eigenvalue weighted by atomic mass is 16.5. The van der Waals surface area contributed by atoms with Crippen molar-refractivity contribution in [2.75, 3.05) is 25.1 Å². The number of hydrogen-bond donors (Lipinski definition) is 2. The maximum Gasteiger partial charge on any atom is 0.265 e. The number of carbonyl (C=O) groups excluding carboxylic acids is 1. The summed E-state index contributed by atoms with van der Waals surface area (Å²) in [5, 5.41) is 6.29. The summed E-state index contributed by atoms with van der Waals surface area (Å²) < 4.78 is 11.0. The molecule has 19 heavy (non-hydrogen) atoms. The minimum absolute atomic E-state index is 0.0937. The van der Waals surface area contributed by atoms with Gasteiger partial charge in [-0.25, -0.2) is 0 Å². The van der Waals surface area contributed by atoms with E-state index < -0.39 is 6.10 Å². The van der Waals surface area contributed by atoms with Crippen molar-refractivity contribution < 1.29 is 14.3 Å². The summed E-state index contributed by atoms with van der Waals surface area (Å²) in [5.74, 6) is 0.646. The summed E-state index contributed by atoms with van der Waals surface area (Å²) in [6.07, 6.45) is 0.463. The van der Waals surface area contributed by atoms with Crippen molar-refractivity contribution >= 4 is 11.6 Å². The van der Waals surface area contributed by atoms with Crippen molar-refractivity contribution in [1.29, 1.82) is 0 Å². The van der Waals surface area contributed by atoms with E-state index in [1.54, 1.807) is 6.92 Å². The number of benzene rings is 1. The van der Waals surface area contributed by atoms with E-state index in [9.17, 15) is 4.79 Å². The van der Waals surface area contributed by atoms with Crippen LogP contribution < -0.4 is 15.4 Å². The molecule has 1 aromatic carbocycles. The SMILES string of the molecule is CC1Oc2ccc(CC3COCCN3)cc2NC1=O. The highest BCUT2D eigenvalue weighted by Crippen LogP contribution is 2.30. The summed E-state index contributed by atoms with van der Waals surface area (Å²) in [6, 6.07) is 6.28. The molecule has 2 aliphatic rings. The molecule has 2 heterocycles. The van der Waals surface area contributed by atoms with E-state index in [2.05, 4.69) is 10.6 Å². The van der Waals surface area contributed by atoms with Crippen molar-refractivity contribution in [2.24, 2.45) is 0 Å². The quantitative estimate of drug-likeness (QED) is 0.832. The molecule has 2 N–H and O–H groups in total. The van der Waals surface area contributed by atoms with Gasteiger partial charge >= 0.3 is 0 Å². The Bertz CT molecular complexity index is 484. The normalized spacial score (nSPS) is 26.3. The standard InChI is InChI=1S/C14H18N2O3/c1-9-14(17)16-12-7-10(2-3-13(12)19-9)6-11-8-18-5-4-15-11/h2-3,7,9,11,15H,4-6,8H2,1H3,(H,16,17). The Balaban J connectivity index is 1.74. The summed E-state index contributed by atoms with van der Waals surface area (Å²) in [6.45, 7) is 4.15. The fourth-order valence-corrected chi connectivity index (χ4v) is 2.42. The first-order valence-electron chi connectivity index (χ1n) is 6.64. The molecular weight excluding hydrogens is 244 g/mol. The number of hydrogen-bond acceptors (Lipinski definition) is 4. The zero-order valence-corrected chi connectivity index (χ0v) is 10.9. The van der Waals surface area contributed by atoms with Crippen LogP contribution in [0.4, 0.5) is 5.69 Å². The number of fused-ring (bicyclic) bond motifs is 1. The highest BCUT2D eigenvalue weighted by molar-refractivity contribution is 5.97. The Hall–Kier alpha value is -1.59. The zero-order chi connectivity index (χ0) is 13.2. The van der Waals surface area contributed by atoms with E-state index in [0.717, 1.165) is 37.6 Å². The van der Waals surface area contributed by atoms with Crippen LogP contribution in [-0.4, -0.2) is 37.8 Å². The molecule has 2 unspecified atom stereocenters. The lowest BCUT2D eigenvalue weighted by molar-refractivity contribution is -0.122. The predicted octanol–water partition coefficient (Wildman–Crippen LogP) is 0.937. The van der Waals surface area contributed by atoms with Gasteiger partial charge in [0.25, 0.3) is 5.91 Å². The zero-order valence-electron chi connectivity index (χ0n) is 10.9. The maximum absolute atomic E-state index is 11.6. The molecule has 0 bridgehead atoms. The Labute approximate surface area is 112 Å². The largest absolute Gasteiger partial charge is 0.479 e. The van der Waals surface area contributed by atoms with E-state index >= 15 is 0 Å². The Morgan fingerprint density at radius 1 is 1.42 bits per heavy atom. The molecular formula is C14H18N2O3. The van der Waals surface area contributed by atoms with Crippen LogP contribution >= 0.6 is 0 Å². The van der Waals surface area contributed by atoms with E-state index in [0.29, 0.717) is 6.04 Å². The van der Waals surface area contributed by atoms with Crippen LogP contribution in [0.1, 0.15) is 12.5 Å². The van der Waals surface area contributed by atoms with E-state index in [1.165, 1.54) is 5.56 Å². The van der Waals surface area contributed by atoms with E-state index in [-0.39, 0.29) is 5.91 Å².